The number of piperidine rings is 1. The summed E-state index contributed by atoms with van der Waals surface area (Å²) in [4.78, 5) is 39.8. The molecule has 2 rings (SSSR count). The highest BCUT2D eigenvalue weighted by Crippen LogP contribution is 2.24. The van der Waals surface area contributed by atoms with Crippen LogP contribution in [0.3, 0.4) is 0 Å². The predicted molar refractivity (Wildman–Crippen MR) is 115 cm³/mol. The van der Waals surface area contributed by atoms with Crippen LogP contribution in [0.15, 0.2) is 24.3 Å². The number of anilines is 1. The fraction of sp³-hybridized carbons (Fsp3) is 0.591. The molecular weight excluding hydrogens is 386 g/mol. The molecule has 0 saturated carbocycles. The van der Waals surface area contributed by atoms with Crippen molar-refractivity contribution in [2.24, 2.45) is 5.92 Å². The van der Waals surface area contributed by atoms with Gasteiger partial charge in [-0.2, -0.15) is 0 Å². The Morgan fingerprint density at radius 2 is 1.67 bits per heavy atom. The first-order valence-corrected chi connectivity index (χ1v) is 10.3. The number of hydrogen-bond donors (Lipinski definition) is 1. The number of nitrogens with zero attached hydrogens (tertiary/aromatic N) is 2. The van der Waals surface area contributed by atoms with E-state index in [1.165, 1.54) is 4.90 Å². The number of hydrogen-bond acceptors (Lipinski definition) is 5. The molecule has 0 radical (unpaired) electrons. The number of nitrogens with one attached hydrogen (secondary N) is 1. The van der Waals surface area contributed by atoms with E-state index in [0.717, 1.165) is 0 Å². The molecular formula is C22H33N3O5. The molecule has 1 aromatic carbocycles. The highest BCUT2D eigenvalue weighted by atomic mass is 16.6. The third-order valence-corrected chi connectivity index (χ3v) is 4.64. The molecule has 0 aliphatic carbocycles. The molecule has 0 spiro atoms. The normalized spacial score (nSPS) is 15.0. The molecule has 0 atom stereocenters. The van der Waals surface area contributed by atoms with E-state index in [2.05, 4.69) is 5.32 Å². The molecule has 1 aliphatic heterocycles. The van der Waals surface area contributed by atoms with Crippen molar-refractivity contribution in [1.29, 1.82) is 0 Å². The average Bonchev–Trinajstić information content (AvgIpc) is 2.66. The second-order valence-electron chi connectivity index (χ2n) is 8.82. The van der Waals surface area contributed by atoms with Gasteiger partial charge in [0.05, 0.1) is 5.92 Å². The average molecular weight is 420 g/mol. The fourth-order valence-corrected chi connectivity index (χ4v) is 3.02. The number of ether oxygens (including phenoxy) is 2. The second-order valence-corrected chi connectivity index (χ2v) is 8.82. The first kappa shape index (κ1) is 23.5. The van der Waals surface area contributed by atoms with Crippen molar-refractivity contribution in [2.45, 2.75) is 59.1 Å². The molecule has 3 amide bonds. The Bertz CT molecular complexity index is 747. The van der Waals surface area contributed by atoms with Gasteiger partial charge in [0.25, 0.3) is 0 Å². The number of benzene rings is 1. The summed E-state index contributed by atoms with van der Waals surface area (Å²) in [5.41, 5.74) is 0.154. The Morgan fingerprint density at radius 3 is 2.17 bits per heavy atom. The zero-order valence-electron chi connectivity index (χ0n) is 18.7. The summed E-state index contributed by atoms with van der Waals surface area (Å²) in [6.45, 7) is 10.2. The van der Waals surface area contributed by atoms with Crippen molar-refractivity contribution in [2.75, 3.05) is 25.0 Å². The van der Waals surface area contributed by atoms with Gasteiger partial charge in [0.15, 0.2) is 0 Å². The Hall–Kier alpha value is -2.77. The molecule has 0 unspecified atom stereocenters. The lowest BCUT2D eigenvalue weighted by Gasteiger charge is -2.32. The number of carbonyl (C=O) groups is 3. The van der Waals surface area contributed by atoms with Crippen molar-refractivity contribution in [3.05, 3.63) is 24.3 Å². The van der Waals surface area contributed by atoms with Crippen LogP contribution in [0.25, 0.3) is 0 Å². The number of likely N-dealkylation sites (tertiary alicyclic amines) is 1. The van der Waals surface area contributed by atoms with E-state index in [9.17, 15) is 14.4 Å². The van der Waals surface area contributed by atoms with Crippen molar-refractivity contribution >= 4 is 23.8 Å². The lowest BCUT2D eigenvalue weighted by molar-refractivity contribution is -0.140. The first-order chi connectivity index (χ1) is 14.0. The smallest absolute Gasteiger partial charge is 0.410 e. The number of carbonyl (C=O) groups excluding carboxylic acids is 3. The molecule has 1 aliphatic rings. The van der Waals surface area contributed by atoms with Crippen molar-refractivity contribution in [3.63, 3.8) is 0 Å². The van der Waals surface area contributed by atoms with Gasteiger partial charge in [0, 0.05) is 31.9 Å². The second kappa shape index (κ2) is 9.82. The zero-order chi connectivity index (χ0) is 22.5. The van der Waals surface area contributed by atoms with Gasteiger partial charge in [-0.05, 0) is 71.7 Å². The number of amides is 3. The van der Waals surface area contributed by atoms with Crippen molar-refractivity contribution < 1.29 is 23.9 Å². The molecule has 1 aromatic rings. The Kier molecular flexibility index (Phi) is 7.70. The van der Waals surface area contributed by atoms with E-state index < -0.39 is 5.60 Å². The van der Waals surface area contributed by atoms with Crippen LogP contribution in [-0.2, 0) is 9.53 Å². The van der Waals surface area contributed by atoms with E-state index in [-0.39, 0.29) is 30.1 Å². The van der Waals surface area contributed by atoms with E-state index in [0.29, 0.717) is 37.4 Å². The standard InChI is InChI=1S/C22H33N3O5/c1-15(2)23-20(27)24(6)17-7-9-18(10-8-17)29-19(26)16-11-13-25(14-12-16)21(28)30-22(3,4)5/h7-10,15-16H,11-14H2,1-6H3,(H,23,27). The summed E-state index contributed by atoms with van der Waals surface area (Å²) < 4.78 is 10.9. The third-order valence-electron chi connectivity index (χ3n) is 4.64. The van der Waals surface area contributed by atoms with E-state index in [1.807, 2.05) is 34.6 Å². The monoisotopic (exact) mass is 419 g/mol. The van der Waals surface area contributed by atoms with Crippen LogP contribution in [0.5, 0.6) is 5.75 Å². The number of esters is 1. The Morgan fingerprint density at radius 1 is 1.10 bits per heavy atom. The molecule has 8 heteroatoms. The molecule has 1 saturated heterocycles. The first-order valence-electron chi connectivity index (χ1n) is 10.3. The topological polar surface area (TPSA) is 88.2 Å². The summed E-state index contributed by atoms with van der Waals surface area (Å²) in [7, 11) is 1.68. The van der Waals surface area contributed by atoms with E-state index in [4.69, 9.17) is 9.47 Å². The van der Waals surface area contributed by atoms with Crippen LogP contribution in [0.1, 0.15) is 47.5 Å². The van der Waals surface area contributed by atoms with Crippen molar-refractivity contribution in [1.82, 2.24) is 10.2 Å². The molecule has 1 fully saturated rings. The van der Waals surface area contributed by atoms with Crippen LogP contribution < -0.4 is 15.0 Å². The maximum Gasteiger partial charge on any atom is 0.410 e. The number of rotatable bonds is 4. The highest BCUT2D eigenvalue weighted by molar-refractivity contribution is 5.91. The van der Waals surface area contributed by atoms with Crippen LogP contribution in [0.2, 0.25) is 0 Å². The summed E-state index contributed by atoms with van der Waals surface area (Å²) in [5.74, 6) is -0.142. The summed E-state index contributed by atoms with van der Waals surface area (Å²) in [6.07, 6.45) is 0.721. The quantitative estimate of drug-likeness (QED) is 0.592. The van der Waals surface area contributed by atoms with Gasteiger partial charge in [-0.1, -0.05) is 0 Å². The minimum Gasteiger partial charge on any atom is -0.444 e. The zero-order valence-corrected chi connectivity index (χ0v) is 18.7. The van der Waals surface area contributed by atoms with Gasteiger partial charge in [-0.25, -0.2) is 9.59 Å². The number of urea groups is 1. The maximum absolute atomic E-state index is 12.5. The van der Waals surface area contributed by atoms with Crippen LogP contribution >= 0.6 is 0 Å². The molecule has 30 heavy (non-hydrogen) atoms. The molecule has 0 bridgehead atoms. The summed E-state index contributed by atoms with van der Waals surface area (Å²) >= 11 is 0. The Balaban J connectivity index is 1.85. The van der Waals surface area contributed by atoms with Gasteiger partial charge >= 0.3 is 18.1 Å². The maximum atomic E-state index is 12.5. The van der Waals surface area contributed by atoms with Gasteiger partial charge in [0.2, 0.25) is 0 Å². The minimum absolute atomic E-state index is 0.0434. The molecule has 0 aromatic heterocycles. The fourth-order valence-electron chi connectivity index (χ4n) is 3.02. The predicted octanol–water partition coefficient (Wildman–Crippen LogP) is 3.79. The highest BCUT2D eigenvalue weighted by Gasteiger charge is 2.31. The van der Waals surface area contributed by atoms with Crippen molar-refractivity contribution in [3.8, 4) is 5.75 Å². The van der Waals surface area contributed by atoms with Gasteiger partial charge in [0.1, 0.15) is 11.4 Å². The van der Waals surface area contributed by atoms with Crippen LogP contribution in [0.4, 0.5) is 15.3 Å². The summed E-state index contributed by atoms with van der Waals surface area (Å²) in [6, 6.07) is 6.64. The molecule has 1 heterocycles. The molecule has 8 nitrogen and oxygen atoms in total. The van der Waals surface area contributed by atoms with Gasteiger partial charge in [-0.3, -0.25) is 9.69 Å². The largest absolute Gasteiger partial charge is 0.444 e. The van der Waals surface area contributed by atoms with E-state index in [1.54, 1.807) is 36.2 Å². The summed E-state index contributed by atoms with van der Waals surface area (Å²) in [5, 5.41) is 2.82. The van der Waals surface area contributed by atoms with Gasteiger partial charge in [-0.15, -0.1) is 0 Å². The van der Waals surface area contributed by atoms with Crippen LogP contribution in [-0.4, -0.2) is 54.8 Å². The third kappa shape index (κ3) is 6.93. The molecule has 1 N–H and O–H groups in total. The molecule has 166 valence electrons. The van der Waals surface area contributed by atoms with Crippen LogP contribution in [0, 0.1) is 5.92 Å². The lowest BCUT2D eigenvalue weighted by Crippen LogP contribution is -2.43. The van der Waals surface area contributed by atoms with Gasteiger partial charge < -0.3 is 19.7 Å². The minimum atomic E-state index is -0.539. The SMILES string of the molecule is CC(C)NC(=O)N(C)c1ccc(OC(=O)C2CCN(C(=O)OC(C)(C)C)CC2)cc1. The lowest BCUT2D eigenvalue weighted by atomic mass is 9.97. The Labute approximate surface area is 178 Å². The van der Waals surface area contributed by atoms with E-state index >= 15 is 0 Å².